The maximum atomic E-state index is 12.6. The Morgan fingerprint density at radius 1 is 1.21 bits per heavy atom. The Hall–Kier alpha value is -2.82. The van der Waals surface area contributed by atoms with Crippen molar-refractivity contribution >= 4 is 31.6 Å². The van der Waals surface area contributed by atoms with Crippen molar-refractivity contribution in [2.75, 3.05) is 0 Å². The standard InChI is InChI=1S/C18H16N4O4S2/c1-11-4-3-5-12(8-11)17-20-16(26-21-17)10-19-28(24,25)13-6-7-14-15(9-13)27-18(23)22(14)2/h3-9,19H,10H2,1-2H3. The Morgan fingerprint density at radius 3 is 2.82 bits per heavy atom. The van der Waals surface area contributed by atoms with E-state index in [1.165, 1.54) is 16.7 Å². The highest BCUT2D eigenvalue weighted by molar-refractivity contribution is 7.89. The van der Waals surface area contributed by atoms with Gasteiger partial charge in [-0.1, -0.05) is 40.3 Å². The number of aromatic nitrogens is 3. The van der Waals surface area contributed by atoms with Gasteiger partial charge in [-0.15, -0.1) is 0 Å². The van der Waals surface area contributed by atoms with Gasteiger partial charge < -0.3 is 9.09 Å². The SMILES string of the molecule is Cc1cccc(-c2noc(CNS(=O)(=O)c3ccc4c(c3)sc(=O)n4C)n2)c1. The molecule has 0 aliphatic heterocycles. The molecule has 0 amide bonds. The molecule has 0 saturated heterocycles. The van der Waals surface area contributed by atoms with Gasteiger partial charge in [-0.25, -0.2) is 13.1 Å². The zero-order valence-electron chi connectivity index (χ0n) is 15.0. The van der Waals surface area contributed by atoms with E-state index in [1.54, 1.807) is 13.1 Å². The lowest BCUT2D eigenvalue weighted by molar-refractivity contribution is 0.376. The summed E-state index contributed by atoms with van der Waals surface area (Å²) in [5.74, 6) is 0.555. The van der Waals surface area contributed by atoms with Crippen molar-refractivity contribution in [2.45, 2.75) is 18.4 Å². The first kappa shape index (κ1) is 18.5. The molecule has 0 spiro atoms. The number of hydrogen-bond acceptors (Lipinski definition) is 7. The van der Waals surface area contributed by atoms with E-state index in [0.29, 0.717) is 16.0 Å². The van der Waals surface area contributed by atoms with Crippen LogP contribution in [0.3, 0.4) is 0 Å². The van der Waals surface area contributed by atoms with Gasteiger partial charge in [0.05, 0.1) is 21.7 Å². The maximum absolute atomic E-state index is 12.6. The second kappa shape index (κ2) is 6.97. The average Bonchev–Trinajstić information content (AvgIpc) is 3.25. The molecule has 28 heavy (non-hydrogen) atoms. The number of hydrogen-bond donors (Lipinski definition) is 1. The van der Waals surface area contributed by atoms with Crippen LogP contribution in [0.2, 0.25) is 0 Å². The zero-order chi connectivity index (χ0) is 19.9. The monoisotopic (exact) mass is 416 g/mol. The van der Waals surface area contributed by atoms with Crippen LogP contribution >= 0.6 is 11.3 Å². The van der Waals surface area contributed by atoms with E-state index in [4.69, 9.17) is 4.52 Å². The molecule has 10 heteroatoms. The van der Waals surface area contributed by atoms with E-state index in [2.05, 4.69) is 14.9 Å². The van der Waals surface area contributed by atoms with Gasteiger partial charge in [0.15, 0.2) is 0 Å². The van der Waals surface area contributed by atoms with E-state index in [0.717, 1.165) is 22.5 Å². The lowest BCUT2D eigenvalue weighted by Gasteiger charge is -2.05. The number of benzene rings is 2. The average molecular weight is 416 g/mol. The second-order valence-corrected chi connectivity index (χ2v) is 9.02. The topological polar surface area (TPSA) is 107 Å². The van der Waals surface area contributed by atoms with Crippen LogP contribution in [0.4, 0.5) is 0 Å². The number of sulfonamides is 1. The van der Waals surface area contributed by atoms with Crippen molar-refractivity contribution in [1.29, 1.82) is 0 Å². The van der Waals surface area contributed by atoms with Crippen molar-refractivity contribution in [1.82, 2.24) is 19.4 Å². The van der Waals surface area contributed by atoms with E-state index in [-0.39, 0.29) is 22.2 Å². The zero-order valence-corrected chi connectivity index (χ0v) is 16.7. The van der Waals surface area contributed by atoms with Crippen molar-refractivity contribution in [3.63, 3.8) is 0 Å². The van der Waals surface area contributed by atoms with Crippen molar-refractivity contribution < 1.29 is 12.9 Å². The Kier molecular flexibility index (Phi) is 4.61. The highest BCUT2D eigenvalue weighted by Crippen LogP contribution is 2.21. The minimum absolute atomic E-state index is 0.0697. The highest BCUT2D eigenvalue weighted by Gasteiger charge is 2.18. The summed E-state index contributed by atoms with van der Waals surface area (Å²) in [7, 11) is -2.15. The summed E-state index contributed by atoms with van der Waals surface area (Å²) in [6, 6.07) is 12.2. The van der Waals surface area contributed by atoms with Crippen LogP contribution in [0.15, 0.2) is 56.7 Å². The molecule has 8 nitrogen and oxygen atoms in total. The highest BCUT2D eigenvalue weighted by atomic mass is 32.2. The summed E-state index contributed by atoms with van der Waals surface area (Å²) >= 11 is 1.000. The van der Waals surface area contributed by atoms with Crippen LogP contribution in [0, 0.1) is 6.92 Å². The van der Waals surface area contributed by atoms with Gasteiger partial charge in [-0.2, -0.15) is 4.98 Å². The van der Waals surface area contributed by atoms with Gasteiger partial charge in [0.25, 0.3) is 0 Å². The number of aryl methyl sites for hydroxylation is 2. The molecule has 2 aromatic heterocycles. The molecule has 0 fully saturated rings. The Balaban J connectivity index is 1.54. The normalized spacial score (nSPS) is 11.9. The molecule has 4 aromatic rings. The van der Waals surface area contributed by atoms with Crippen molar-refractivity contribution in [2.24, 2.45) is 7.05 Å². The van der Waals surface area contributed by atoms with Gasteiger partial charge in [-0.3, -0.25) is 4.79 Å². The van der Waals surface area contributed by atoms with Crippen LogP contribution in [0.5, 0.6) is 0 Å². The Bertz CT molecular complexity index is 1340. The summed E-state index contributed by atoms with van der Waals surface area (Å²) in [5.41, 5.74) is 2.54. The van der Waals surface area contributed by atoms with Gasteiger partial charge in [-0.05, 0) is 31.2 Å². The predicted molar refractivity (Wildman–Crippen MR) is 106 cm³/mol. The van der Waals surface area contributed by atoms with Gasteiger partial charge in [0.2, 0.25) is 21.7 Å². The van der Waals surface area contributed by atoms with Crippen LogP contribution in [0.1, 0.15) is 11.5 Å². The summed E-state index contributed by atoms with van der Waals surface area (Å²) in [4.78, 5) is 15.9. The van der Waals surface area contributed by atoms with Crippen LogP contribution in [0.25, 0.3) is 21.6 Å². The smallest absolute Gasteiger partial charge is 0.307 e. The molecule has 0 radical (unpaired) electrons. The van der Waals surface area contributed by atoms with Crippen LogP contribution < -0.4 is 9.60 Å². The molecule has 4 rings (SSSR count). The first-order valence-electron chi connectivity index (χ1n) is 8.32. The van der Waals surface area contributed by atoms with E-state index in [1.807, 2.05) is 31.2 Å². The summed E-state index contributed by atoms with van der Waals surface area (Å²) in [6.07, 6.45) is 0. The largest absolute Gasteiger partial charge is 0.338 e. The molecule has 0 unspecified atom stereocenters. The lowest BCUT2D eigenvalue weighted by atomic mass is 10.1. The Labute approximate surface area is 164 Å². The van der Waals surface area contributed by atoms with Gasteiger partial charge in [0.1, 0.15) is 0 Å². The number of fused-ring (bicyclic) bond motifs is 1. The molecule has 0 aliphatic rings. The molecule has 0 bridgehead atoms. The van der Waals surface area contributed by atoms with Gasteiger partial charge >= 0.3 is 4.87 Å². The quantitative estimate of drug-likeness (QED) is 0.535. The fourth-order valence-electron chi connectivity index (χ4n) is 2.75. The molecule has 0 saturated carbocycles. The molecule has 2 aromatic carbocycles. The summed E-state index contributed by atoms with van der Waals surface area (Å²) < 4.78 is 34.8. The fraction of sp³-hybridized carbons (Fsp3) is 0.167. The number of nitrogens with one attached hydrogen (secondary N) is 1. The molecule has 2 heterocycles. The minimum atomic E-state index is -3.80. The summed E-state index contributed by atoms with van der Waals surface area (Å²) in [6.45, 7) is 1.82. The third-order valence-corrected chi connectivity index (χ3v) is 6.63. The molecule has 144 valence electrons. The van der Waals surface area contributed by atoms with Crippen LogP contribution in [-0.2, 0) is 23.6 Å². The van der Waals surface area contributed by atoms with Gasteiger partial charge in [0, 0.05) is 12.6 Å². The predicted octanol–water partition coefficient (Wildman–Crippen LogP) is 2.44. The molecule has 1 N–H and O–H groups in total. The van der Waals surface area contributed by atoms with Crippen molar-refractivity contribution in [3.8, 4) is 11.4 Å². The lowest BCUT2D eigenvalue weighted by Crippen LogP contribution is -2.23. The fourth-order valence-corrected chi connectivity index (χ4v) is 4.74. The number of nitrogens with zero attached hydrogens (tertiary/aromatic N) is 3. The van der Waals surface area contributed by atoms with E-state index in [9.17, 15) is 13.2 Å². The van der Waals surface area contributed by atoms with E-state index >= 15 is 0 Å². The third kappa shape index (κ3) is 3.49. The van der Waals surface area contributed by atoms with Crippen LogP contribution in [-0.4, -0.2) is 23.1 Å². The molecule has 0 aliphatic carbocycles. The third-order valence-electron chi connectivity index (χ3n) is 4.23. The molecular weight excluding hydrogens is 400 g/mol. The number of thiazole rings is 1. The number of rotatable bonds is 5. The summed E-state index contributed by atoms with van der Waals surface area (Å²) in [5, 5.41) is 3.90. The minimum Gasteiger partial charge on any atom is -0.338 e. The first-order valence-corrected chi connectivity index (χ1v) is 10.6. The molecule has 0 atom stereocenters. The van der Waals surface area contributed by atoms with E-state index < -0.39 is 10.0 Å². The van der Waals surface area contributed by atoms with Crippen molar-refractivity contribution in [3.05, 3.63) is 63.6 Å². The first-order chi connectivity index (χ1) is 13.3. The second-order valence-electron chi connectivity index (χ2n) is 6.26. The maximum Gasteiger partial charge on any atom is 0.307 e. The Morgan fingerprint density at radius 2 is 2.04 bits per heavy atom. The molecular formula is C18H16N4O4S2.